The molecule has 2 rings (SSSR count). The molecule has 0 fully saturated rings. The topological polar surface area (TPSA) is 52.1 Å². The Bertz CT molecular complexity index is 596. The van der Waals surface area contributed by atoms with E-state index in [1.807, 2.05) is 18.2 Å². The van der Waals surface area contributed by atoms with Crippen LogP contribution in [0.15, 0.2) is 24.4 Å². The summed E-state index contributed by atoms with van der Waals surface area (Å²) in [5, 5.41) is 0.0706. The van der Waals surface area contributed by atoms with Gasteiger partial charge in [-0.3, -0.25) is 0 Å². The van der Waals surface area contributed by atoms with Crippen LogP contribution in [0.5, 0.6) is 0 Å². The smallest absolute Gasteiger partial charge is 0.341 e. The number of allylic oxidation sites excluding steroid dienone is 4. The van der Waals surface area contributed by atoms with Crippen molar-refractivity contribution < 1.29 is 9.53 Å². The molecule has 0 saturated carbocycles. The maximum atomic E-state index is 11.9. The van der Waals surface area contributed by atoms with E-state index in [1.54, 1.807) is 6.92 Å². The molecule has 1 aromatic heterocycles. The molecule has 0 radical (unpaired) electrons. The number of nitrogens with zero attached hydrogens (tertiary/aromatic N) is 2. The van der Waals surface area contributed by atoms with Crippen LogP contribution in [0.1, 0.15) is 29.4 Å². The summed E-state index contributed by atoms with van der Waals surface area (Å²) in [7, 11) is 0. The summed E-state index contributed by atoms with van der Waals surface area (Å²) >= 11 is 11.1. The molecule has 0 unspecified atom stereocenters. The molecule has 1 aliphatic rings. The van der Waals surface area contributed by atoms with E-state index in [0.717, 1.165) is 0 Å². The molecule has 0 bridgehead atoms. The van der Waals surface area contributed by atoms with E-state index in [-0.39, 0.29) is 17.5 Å². The number of hydrogen-bond acceptors (Lipinski definition) is 5. The quantitative estimate of drug-likeness (QED) is 0.487. The zero-order chi connectivity index (χ0) is 13.8. The average molecular weight is 295 g/mol. The van der Waals surface area contributed by atoms with Crippen LogP contribution in [-0.4, -0.2) is 27.4 Å². The van der Waals surface area contributed by atoms with Crippen LogP contribution in [-0.2, 0) is 4.74 Å². The van der Waals surface area contributed by atoms with Crippen LogP contribution >= 0.6 is 23.8 Å². The lowest BCUT2D eigenvalue weighted by Crippen LogP contribution is -2.13. The number of carbonyl (C=O) groups is 1. The van der Waals surface area contributed by atoms with Gasteiger partial charge in [-0.1, -0.05) is 30.4 Å². The van der Waals surface area contributed by atoms with Gasteiger partial charge in [0.1, 0.15) is 5.56 Å². The van der Waals surface area contributed by atoms with Gasteiger partial charge in [-0.25, -0.2) is 14.8 Å². The largest absolute Gasteiger partial charge is 0.462 e. The lowest BCUT2D eigenvalue weighted by molar-refractivity contribution is 0.0525. The van der Waals surface area contributed by atoms with Gasteiger partial charge in [0.25, 0.3) is 0 Å². The molecule has 0 amide bonds. The van der Waals surface area contributed by atoms with Gasteiger partial charge in [0.15, 0.2) is 0 Å². The first kappa shape index (κ1) is 13.8. The molecule has 4 nitrogen and oxygen atoms in total. The number of ether oxygens (including phenoxy) is 1. The first-order chi connectivity index (χ1) is 9.13. The standard InChI is InChI=1S/C13H11ClN2O2S/c1-2-18-12(17)9-7-15-13(14)16-11(9)8-5-3-4-6-10(8)19/h3-5,7H,2,6H2,1H3. The summed E-state index contributed by atoms with van der Waals surface area (Å²) in [6, 6.07) is 0. The lowest BCUT2D eigenvalue weighted by atomic mass is 9.98. The second-order valence-electron chi connectivity index (χ2n) is 3.76. The highest BCUT2D eigenvalue weighted by Gasteiger charge is 2.21. The summed E-state index contributed by atoms with van der Waals surface area (Å²) < 4.78 is 4.98. The number of aromatic nitrogens is 2. The first-order valence-electron chi connectivity index (χ1n) is 5.73. The van der Waals surface area contributed by atoms with Crippen LogP contribution in [0.2, 0.25) is 5.28 Å². The second-order valence-corrected chi connectivity index (χ2v) is 4.59. The van der Waals surface area contributed by atoms with Crippen LogP contribution < -0.4 is 0 Å². The molecule has 6 heteroatoms. The fourth-order valence-corrected chi connectivity index (χ4v) is 2.07. The predicted molar refractivity (Wildman–Crippen MR) is 77.3 cm³/mol. The first-order valence-corrected chi connectivity index (χ1v) is 6.52. The van der Waals surface area contributed by atoms with Gasteiger partial charge >= 0.3 is 5.97 Å². The molecule has 0 aliphatic heterocycles. The maximum absolute atomic E-state index is 11.9. The number of esters is 1. The number of thiocarbonyl (C=S) groups is 1. The Kier molecular flexibility index (Phi) is 4.39. The van der Waals surface area contributed by atoms with Crippen LogP contribution in [0.25, 0.3) is 5.57 Å². The highest BCUT2D eigenvalue weighted by Crippen LogP contribution is 2.24. The van der Waals surface area contributed by atoms with Crippen molar-refractivity contribution in [2.24, 2.45) is 0 Å². The molecule has 98 valence electrons. The number of rotatable bonds is 3. The molecule has 19 heavy (non-hydrogen) atoms. The minimum atomic E-state index is -0.479. The van der Waals surface area contributed by atoms with Crippen molar-refractivity contribution in [3.8, 4) is 0 Å². The fourth-order valence-electron chi connectivity index (χ4n) is 1.68. The minimum Gasteiger partial charge on any atom is -0.462 e. The third-order valence-electron chi connectivity index (χ3n) is 2.51. The number of halogens is 1. The molecule has 1 aromatic rings. The Hall–Kier alpha value is -1.59. The molecular formula is C13H11ClN2O2S. The molecule has 1 aliphatic carbocycles. The van der Waals surface area contributed by atoms with E-state index in [0.29, 0.717) is 22.6 Å². The highest BCUT2D eigenvalue weighted by atomic mass is 35.5. The molecule has 0 spiro atoms. The number of hydrogen-bond donors (Lipinski definition) is 0. The number of carbonyl (C=O) groups excluding carboxylic acids is 1. The van der Waals surface area contributed by atoms with Crippen molar-refractivity contribution in [3.05, 3.63) is 41.0 Å². The normalized spacial score (nSPS) is 14.2. The van der Waals surface area contributed by atoms with Gasteiger partial charge < -0.3 is 4.74 Å². The van der Waals surface area contributed by atoms with Crippen molar-refractivity contribution in [2.75, 3.05) is 6.61 Å². The molecule has 0 N–H and O–H groups in total. The Morgan fingerprint density at radius 3 is 3.05 bits per heavy atom. The second kappa shape index (κ2) is 6.04. The van der Waals surface area contributed by atoms with E-state index < -0.39 is 5.97 Å². The monoisotopic (exact) mass is 294 g/mol. The summed E-state index contributed by atoms with van der Waals surface area (Å²) in [6.45, 7) is 2.02. The van der Waals surface area contributed by atoms with Crippen molar-refractivity contribution >= 4 is 40.2 Å². The van der Waals surface area contributed by atoms with E-state index in [9.17, 15) is 4.79 Å². The van der Waals surface area contributed by atoms with E-state index >= 15 is 0 Å². The van der Waals surface area contributed by atoms with Gasteiger partial charge in [0.2, 0.25) is 5.28 Å². The predicted octanol–water partition coefficient (Wildman–Crippen LogP) is 3.02. The van der Waals surface area contributed by atoms with Crippen molar-refractivity contribution in [2.45, 2.75) is 13.3 Å². The summed E-state index contributed by atoms with van der Waals surface area (Å²) in [5.41, 5.74) is 1.41. The molecule has 1 heterocycles. The summed E-state index contributed by atoms with van der Waals surface area (Å²) in [5.74, 6) is -0.479. The van der Waals surface area contributed by atoms with Gasteiger partial charge in [-0.05, 0) is 18.5 Å². The van der Waals surface area contributed by atoms with E-state index in [4.69, 9.17) is 28.6 Å². The third kappa shape index (κ3) is 3.05. The Labute approximate surface area is 121 Å². The Morgan fingerprint density at radius 1 is 1.58 bits per heavy atom. The van der Waals surface area contributed by atoms with Crippen LogP contribution in [0.3, 0.4) is 0 Å². The van der Waals surface area contributed by atoms with Gasteiger partial charge in [0, 0.05) is 23.1 Å². The van der Waals surface area contributed by atoms with Crippen LogP contribution in [0.4, 0.5) is 0 Å². The van der Waals surface area contributed by atoms with Gasteiger partial charge in [0.05, 0.1) is 12.3 Å². The van der Waals surface area contributed by atoms with Crippen molar-refractivity contribution in [1.29, 1.82) is 0 Å². The maximum Gasteiger partial charge on any atom is 0.341 e. The van der Waals surface area contributed by atoms with Crippen LogP contribution in [0, 0.1) is 0 Å². The van der Waals surface area contributed by atoms with E-state index in [2.05, 4.69) is 9.97 Å². The van der Waals surface area contributed by atoms with Gasteiger partial charge in [-0.15, -0.1) is 0 Å². The third-order valence-corrected chi connectivity index (χ3v) is 3.08. The summed E-state index contributed by atoms with van der Waals surface area (Å²) in [4.78, 5) is 20.5. The highest BCUT2D eigenvalue weighted by molar-refractivity contribution is 7.81. The minimum absolute atomic E-state index is 0.0706. The Balaban J connectivity index is 2.51. The molecular weight excluding hydrogens is 284 g/mol. The molecule has 0 saturated heterocycles. The fraction of sp³-hybridized carbons (Fsp3) is 0.231. The molecule has 0 aromatic carbocycles. The zero-order valence-corrected chi connectivity index (χ0v) is 11.8. The lowest BCUT2D eigenvalue weighted by Gasteiger charge is -2.13. The van der Waals surface area contributed by atoms with Crippen molar-refractivity contribution in [3.63, 3.8) is 0 Å². The Morgan fingerprint density at radius 2 is 2.37 bits per heavy atom. The van der Waals surface area contributed by atoms with E-state index in [1.165, 1.54) is 6.20 Å². The SMILES string of the molecule is CCOC(=O)c1cnc(Cl)nc1C1=CC=CCC1=S. The summed E-state index contributed by atoms with van der Waals surface area (Å²) in [6.07, 6.45) is 7.64. The van der Waals surface area contributed by atoms with Crippen molar-refractivity contribution in [1.82, 2.24) is 9.97 Å². The average Bonchev–Trinajstić information content (AvgIpc) is 2.39. The zero-order valence-electron chi connectivity index (χ0n) is 10.2. The van der Waals surface area contributed by atoms with Gasteiger partial charge in [-0.2, -0.15) is 0 Å². The molecule has 0 atom stereocenters.